The quantitative estimate of drug-likeness (QED) is 0.182. The molecular formula is C24H20N4O5S. The van der Waals surface area contributed by atoms with Crippen LogP contribution in [-0.4, -0.2) is 33.2 Å². The first-order valence-electron chi connectivity index (χ1n) is 10.2. The molecule has 1 heterocycles. The molecule has 0 saturated heterocycles. The van der Waals surface area contributed by atoms with Crippen LogP contribution in [0.3, 0.4) is 0 Å². The van der Waals surface area contributed by atoms with Gasteiger partial charge < -0.3 is 10.1 Å². The minimum atomic E-state index is -0.542. The van der Waals surface area contributed by atoms with E-state index in [1.54, 1.807) is 24.3 Å². The molecule has 10 heteroatoms. The lowest BCUT2D eigenvalue weighted by molar-refractivity contribution is -0.384. The summed E-state index contributed by atoms with van der Waals surface area (Å²) in [4.78, 5) is 41.0. The van der Waals surface area contributed by atoms with Gasteiger partial charge in [0.2, 0.25) is 5.91 Å². The highest BCUT2D eigenvalue weighted by Crippen LogP contribution is 2.29. The van der Waals surface area contributed by atoms with Crippen LogP contribution in [0.15, 0.2) is 76.7 Å². The van der Waals surface area contributed by atoms with Gasteiger partial charge in [-0.3, -0.25) is 24.3 Å². The average molecular weight is 477 g/mol. The summed E-state index contributed by atoms with van der Waals surface area (Å²) >= 11 is 1.11. The number of rotatable bonds is 7. The first-order valence-corrected chi connectivity index (χ1v) is 11.2. The fourth-order valence-electron chi connectivity index (χ4n) is 3.34. The van der Waals surface area contributed by atoms with E-state index in [0.29, 0.717) is 27.4 Å². The second-order valence-corrected chi connectivity index (χ2v) is 8.31. The normalized spacial score (nSPS) is 10.8. The van der Waals surface area contributed by atoms with Crippen molar-refractivity contribution < 1.29 is 14.5 Å². The van der Waals surface area contributed by atoms with Crippen molar-refractivity contribution >= 4 is 39.9 Å². The Morgan fingerprint density at radius 3 is 2.59 bits per heavy atom. The third-order valence-electron chi connectivity index (χ3n) is 5.04. The number of nitro benzene ring substituents is 1. The molecule has 0 atom stereocenters. The topological polar surface area (TPSA) is 116 Å². The molecule has 0 radical (unpaired) electrons. The van der Waals surface area contributed by atoms with E-state index in [4.69, 9.17) is 4.74 Å². The van der Waals surface area contributed by atoms with Crippen molar-refractivity contribution in [2.45, 2.75) is 12.1 Å². The molecule has 4 aromatic rings. The van der Waals surface area contributed by atoms with E-state index < -0.39 is 4.92 Å². The summed E-state index contributed by atoms with van der Waals surface area (Å²) in [5.74, 6) is -0.250. The zero-order chi connectivity index (χ0) is 24.2. The summed E-state index contributed by atoms with van der Waals surface area (Å²) in [5, 5.41) is 14.5. The monoisotopic (exact) mass is 476 g/mol. The van der Waals surface area contributed by atoms with Gasteiger partial charge in [-0.15, -0.1) is 0 Å². The molecular weight excluding hydrogens is 456 g/mol. The van der Waals surface area contributed by atoms with Crippen LogP contribution in [0, 0.1) is 17.0 Å². The number of para-hydroxylation sites is 1. The number of aryl methyl sites for hydroxylation is 1. The van der Waals surface area contributed by atoms with Gasteiger partial charge >= 0.3 is 0 Å². The Hall–Kier alpha value is -4.18. The average Bonchev–Trinajstić information content (AvgIpc) is 2.84. The predicted molar refractivity (Wildman–Crippen MR) is 131 cm³/mol. The Morgan fingerprint density at radius 2 is 1.88 bits per heavy atom. The summed E-state index contributed by atoms with van der Waals surface area (Å²) in [6, 6.07) is 18.5. The van der Waals surface area contributed by atoms with E-state index in [0.717, 1.165) is 17.3 Å². The first kappa shape index (κ1) is 23.0. The second kappa shape index (κ2) is 9.75. The maximum Gasteiger partial charge on any atom is 0.273 e. The van der Waals surface area contributed by atoms with Crippen LogP contribution in [0.2, 0.25) is 0 Å². The number of amides is 1. The fraction of sp³-hybridized carbons (Fsp3) is 0.125. The number of ether oxygens (including phenoxy) is 1. The minimum absolute atomic E-state index is 0.0449. The molecule has 0 aliphatic rings. The van der Waals surface area contributed by atoms with Crippen molar-refractivity contribution in [2.24, 2.45) is 0 Å². The Kier molecular flexibility index (Phi) is 6.60. The molecule has 0 unspecified atom stereocenters. The first-order chi connectivity index (χ1) is 16.4. The SMILES string of the molecule is COc1cc([N+](=O)[O-])ccc1NC(=O)CSc1nc2ccccc2c(=O)n1-c1ccc(C)cc1. The lowest BCUT2D eigenvalue weighted by Crippen LogP contribution is -2.23. The molecule has 34 heavy (non-hydrogen) atoms. The van der Waals surface area contributed by atoms with Crippen LogP contribution < -0.4 is 15.6 Å². The minimum Gasteiger partial charge on any atom is -0.494 e. The van der Waals surface area contributed by atoms with Crippen LogP contribution in [-0.2, 0) is 4.79 Å². The smallest absolute Gasteiger partial charge is 0.273 e. The van der Waals surface area contributed by atoms with E-state index in [2.05, 4.69) is 10.3 Å². The van der Waals surface area contributed by atoms with Crippen molar-refractivity contribution in [1.82, 2.24) is 9.55 Å². The second-order valence-electron chi connectivity index (χ2n) is 7.37. The predicted octanol–water partition coefficient (Wildman–Crippen LogP) is 4.34. The van der Waals surface area contributed by atoms with Gasteiger partial charge in [0, 0.05) is 6.07 Å². The molecule has 1 N–H and O–H groups in total. The standard InChI is InChI=1S/C24H20N4O5S/c1-15-7-9-16(10-8-15)27-23(30)18-5-3-4-6-19(18)26-24(27)34-14-22(29)25-20-12-11-17(28(31)32)13-21(20)33-2/h3-13H,14H2,1-2H3,(H,25,29). The summed E-state index contributed by atoms with van der Waals surface area (Å²) < 4.78 is 6.66. The molecule has 0 aliphatic carbocycles. The van der Waals surface area contributed by atoms with E-state index in [-0.39, 0.29) is 28.7 Å². The van der Waals surface area contributed by atoms with E-state index >= 15 is 0 Å². The number of carbonyl (C=O) groups is 1. The number of hydrogen-bond donors (Lipinski definition) is 1. The molecule has 0 bridgehead atoms. The molecule has 0 saturated carbocycles. The van der Waals surface area contributed by atoms with Gasteiger partial charge in [0.25, 0.3) is 11.2 Å². The van der Waals surface area contributed by atoms with Crippen LogP contribution in [0.5, 0.6) is 5.75 Å². The third kappa shape index (κ3) is 4.76. The molecule has 172 valence electrons. The number of benzene rings is 3. The van der Waals surface area contributed by atoms with Crippen LogP contribution in [0.1, 0.15) is 5.56 Å². The molecule has 4 rings (SSSR count). The number of methoxy groups -OCH3 is 1. The molecule has 1 amide bonds. The highest BCUT2D eigenvalue weighted by Gasteiger charge is 2.17. The number of nitrogens with zero attached hydrogens (tertiary/aromatic N) is 3. The number of carbonyl (C=O) groups excluding carboxylic acids is 1. The van der Waals surface area contributed by atoms with Crippen molar-refractivity contribution in [1.29, 1.82) is 0 Å². The Labute approximate surface area is 198 Å². The van der Waals surface area contributed by atoms with Gasteiger partial charge in [0.15, 0.2) is 5.16 Å². The molecule has 3 aromatic carbocycles. The van der Waals surface area contributed by atoms with Gasteiger partial charge in [0.1, 0.15) is 5.75 Å². The van der Waals surface area contributed by atoms with E-state index in [1.807, 2.05) is 31.2 Å². The Balaban J connectivity index is 1.63. The number of fused-ring (bicyclic) bond motifs is 1. The lowest BCUT2D eigenvalue weighted by atomic mass is 10.2. The van der Waals surface area contributed by atoms with Crippen molar-refractivity contribution in [3.05, 3.63) is 92.8 Å². The van der Waals surface area contributed by atoms with Crippen molar-refractivity contribution in [3.63, 3.8) is 0 Å². The van der Waals surface area contributed by atoms with Gasteiger partial charge in [0.05, 0.1) is 46.1 Å². The molecule has 0 spiro atoms. The van der Waals surface area contributed by atoms with Crippen LogP contribution in [0.25, 0.3) is 16.6 Å². The van der Waals surface area contributed by atoms with E-state index in [1.165, 1.54) is 29.9 Å². The maximum absolute atomic E-state index is 13.3. The number of hydrogen-bond acceptors (Lipinski definition) is 7. The number of nitrogens with one attached hydrogen (secondary N) is 1. The molecule has 0 aliphatic heterocycles. The van der Waals surface area contributed by atoms with Crippen LogP contribution in [0.4, 0.5) is 11.4 Å². The van der Waals surface area contributed by atoms with Crippen molar-refractivity contribution in [2.75, 3.05) is 18.2 Å². The van der Waals surface area contributed by atoms with Gasteiger partial charge in [-0.2, -0.15) is 0 Å². The van der Waals surface area contributed by atoms with E-state index in [9.17, 15) is 19.7 Å². The summed E-state index contributed by atoms with van der Waals surface area (Å²) in [7, 11) is 1.36. The number of nitro groups is 1. The lowest BCUT2D eigenvalue weighted by Gasteiger charge is -2.14. The summed E-state index contributed by atoms with van der Waals surface area (Å²) in [6.45, 7) is 1.96. The van der Waals surface area contributed by atoms with Gasteiger partial charge in [-0.25, -0.2) is 4.98 Å². The molecule has 1 aromatic heterocycles. The fourth-order valence-corrected chi connectivity index (χ4v) is 4.16. The third-order valence-corrected chi connectivity index (χ3v) is 5.98. The summed E-state index contributed by atoms with van der Waals surface area (Å²) in [5.41, 5.74) is 2.17. The van der Waals surface area contributed by atoms with Crippen LogP contribution >= 0.6 is 11.8 Å². The highest BCUT2D eigenvalue weighted by molar-refractivity contribution is 7.99. The number of anilines is 1. The number of non-ortho nitro benzene ring substituents is 1. The Bertz CT molecular complexity index is 1450. The zero-order valence-corrected chi connectivity index (χ0v) is 19.2. The Morgan fingerprint density at radius 1 is 1.15 bits per heavy atom. The van der Waals surface area contributed by atoms with Gasteiger partial charge in [-0.1, -0.05) is 41.6 Å². The van der Waals surface area contributed by atoms with Crippen molar-refractivity contribution in [3.8, 4) is 11.4 Å². The summed E-state index contributed by atoms with van der Waals surface area (Å²) in [6.07, 6.45) is 0. The number of thioether (sulfide) groups is 1. The largest absolute Gasteiger partial charge is 0.494 e. The molecule has 0 fully saturated rings. The highest BCUT2D eigenvalue weighted by atomic mass is 32.2. The zero-order valence-electron chi connectivity index (χ0n) is 18.3. The molecule has 9 nitrogen and oxygen atoms in total. The maximum atomic E-state index is 13.3. The van der Waals surface area contributed by atoms with Gasteiger partial charge in [-0.05, 0) is 37.3 Å². The number of aromatic nitrogens is 2.